The van der Waals surface area contributed by atoms with Crippen LogP contribution in [0.1, 0.15) is 29.7 Å². The summed E-state index contributed by atoms with van der Waals surface area (Å²) in [6.07, 6.45) is 3.07. The van der Waals surface area contributed by atoms with Crippen molar-refractivity contribution in [1.82, 2.24) is 9.88 Å². The largest absolute Gasteiger partial charge is 0.465 e. The average molecular weight is 279 g/mol. The minimum absolute atomic E-state index is 0.823. The van der Waals surface area contributed by atoms with Gasteiger partial charge in [0.1, 0.15) is 11.5 Å². The molecule has 0 aromatic carbocycles. The van der Waals surface area contributed by atoms with Crippen LogP contribution in [0.2, 0.25) is 0 Å². The third-order valence-corrected chi connectivity index (χ3v) is 3.67. The van der Waals surface area contributed by atoms with Crippen molar-refractivity contribution in [2.75, 3.05) is 18.9 Å². The summed E-state index contributed by atoms with van der Waals surface area (Å²) in [4.78, 5) is 7.87. The Labute approximate surface area is 118 Å². The molecular weight excluding hydrogens is 258 g/mol. The van der Waals surface area contributed by atoms with Gasteiger partial charge in [0, 0.05) is 24.2 Å². The zero-order chi connectivity index (χ0) is 13.7. The Hall–Kier alpha value is -1.33. The topological polar surface area (TPSA) is 41.3 Å². The molecule has 0 saturated carbocycles. The molecule has 19 heavy (non-hydrogen) atoms. The molecule has 0 amide bonds. The summed E-state index contributed by atoms with van der Waals surface area (Å²) < 4.78 is 5.58. The first kappa shape index (κ1) is 14.1. The third kappa shape index (κ3) is 4.36. The van der Waals surface area contributed by atoms with Crippen molar-refractivity contribution in [2.45, 2.75) is 33.4 Å². The number of hydrogen-bond acceptors (Lipinski definition) is 5. The predicted molar refractivity (Wildman–Crippen MR) is 79.5 cm³/mol. The normalized spacial score (nSPS) is 11.2. The van der Waals surface area contributed by atoms with Gasteiger partial charge in [-0.3, -0.25) is 4.90 Å². The SMILES string of the molecule is CCCNc1ncc(CN(C)Cc2ccc(C)o2)s1. The molecule has 2 rings (SSSR count). The van der Waals surface area contributed by atoms with Gasteiger partial charge < -0.3 is 9.73 Å². The zero-order valence-electron chi connectivity index (χ0n) is 11.8. The van der Waals surface area contributed by atoms with E-state index in [1.807, 2.05) is 25.3 Å². The third-order valence-electron chi connectivity index (χ3n) is 2.73. The molecular formula is C14H21N3OS. The Balaban J connectivity index is 1.84. The van der Waals surface area contributed by atoms with Crippen LogP contribution in [-0.2, 0) is 13.1 Å². The number of nitrogens with one attached hydrogen (secondary N) is 1. The van der Waals surface area contributed by atoms with Gasteiger partial charge in [-0.05, 0) is 32.5 Å². The lowest BCUT2D eigenvalue weighted by atomic mass is 10.4. The van der Waals surface area contributed by atoms with Crippen molar-refractivity contribution >= 4 is 16.5 Å². The summed E-state index contributed by atoms with van der Waals surface area (Å²) in [5.41, 5.74) is 0. The highest BCUT2D eigenvalue weighted by atomic mass is 32.1. The van der Waals surface area contributed by atoms with Crippen LogP contribution in [-0.4, -0.2) is 23.5 Å². The summed E-state index contributed by atoms with van der Waals surface area (Å²) >= 11 is 1.72. The van der Waals surface area contributed by atoms with Gasteiger partial charge in [-0.1, -0.05) is 6.92 Å². The first-order valence-electron chi connectivity index (χ1n) is 6.60. The molecule has 104 valence electrons. The molecule has 2 aromatic rings. The summed E-state index contributed by atoms with van der Waals surface area (Å²) in [7, 11) is 2.09. The molecule has 0 spiro atoms. The van der Waals surface area contributed by atoms with E-state index in [1.165, 1.54) is 4.88 Å². The van der Waals surface area contributed by atoms with Crippen molar-refractivity contribution in [3.05, 3.63) is 34.7 Å². The van der Waals surface area contributed by atoms with Crippen molar-refractivity contribution in [2.24, 2.45) is 0 Å². The van der Waals surface area contributed by atoms with Gasteiger partial charge in [-0.2, -0.15) is 0 Å². The van der Waals surface area contributed by atoms with E-state index in [-0.39, 0.29) is 0 Å². The second-order valence-corrected chi connectivity index (χ2v) is 5.86. The number of furan rings is 1. The van der Waals surface area contributed by atoms with E-state index in [4.69, 9.17) is 4.42 Å². The molecule has 0 unspecified atom stereocenters. The van der Waals surface area contributed by atoms with E-state index in [1.54, 1.807) is 11.3 Å². The maximum absolute atomic E-state index is 5.58. The minimum Gasteiger partial charge on any atom is -0.465 e. The lowest BCUT2D eigenvalue weighted by Crippen LogP contribution is -2.16. The Kier molecular flexibility index (Phi) is 4.99. The Morgan fingerprint density at radius 2 is 2.21 bits per heavy atom. The Morgan fingerprint density at radius 1 is 1.37 bits per heavy atom. The number of aryl methyl sites for hydroxylation is 1. The first-order chi connectivity index (χ1) is 9.17. The number of thiazole rings is 1. The molecule has 1 N–H and O–H groups in total. The van der Waals surface area contributed by atoms with Gasteiger partial charge in [0.2, 0.25) is 0 Å². The maximum Gasteiger partial charge on any atom is 0.182 e. The lowest BCUT2D eigenvalue weighted by Gasteiger charge is -2.13. The minimum atomic E-state index is 0.823. The van der Waals surface area contributed by atoms with Crippen molar-refractivity contribution < 1.29 is 4.42 Å². The molecule has 0 bridgehead atoms. The number of aromatic nitrogens is 1. The summed E-state index contributed by atoms with van der Waals surface area (Å²) in [6.45, 7) is 6.82. The summed E-state index contributed by atoms with van der Waals surface area (Å²) in [5, 5.41) is 4.32. The molecule has 0 fully saturated rings. The smallest absolute Gasteiger partial charge is 0.182 e. The molecule has 0 aliphatic heterocycles. The van der Waals surface area contributed by atoms with Crippen molar-refractivity contribution in [1.29, 1.82) is 0 Å². The molecule has 4 nitrogen and oxygen atoms in total. The number of nitrogens with zero attached hydrogens (tertiary/aromatic N) is 2. The standard InChI is InChI=1S/C14H21N3OS/c1-4-7-15-14-16-8-13(19-14)10-17(3)9-12-6-5-11(2)18-12/h5-6,8H,4,7,9-10H2,1-3H3,(H,15,16). The molecule has 0 radical (unpaired) electrons. The van der Waals surface area contributed by atoms with Crippen molar-refractivity contribution in [3.63, 3.8) is 0 Å². The summed E-state index contributed by atoms with van der Waals surface area (Å²) in [6, 6.07) is 4.04. The Morgan fingerprint density at radius 3 is 2.89 bits per heavy atom. The lowest BCUT2D eigenvalue weighted by molar-refractivity contribution is 0.287. The van der Waals surface area contributed by atoms with Crippen LogP contribution in [0, 0.1) is 6.92 Å². The van der Waals surface area contributed by atoms with E-state index in [0.29, 0.717) is 0 Å². The van der Waals surface area contributed by atoms with E-state index in [0.717, 1.165) is 42.7 Å². The summed E-state index contributed by atoms with van der Waals surface area (Å²) in [5.74, 6) is 1.97. The second-order valence-electron chi connectivity index (χ2n) is 4.74. The van der Waals surface area contributed by atoms with Crippen LogP contribution in [0.5, 0.6) is 0 Å². The molecule has 0 aliphatic rings. The fourth-order valence-corrected chi connectivity index (χ4v) is 2.77. The van der Waals surface area contributed by atoms with Gasteiger partial charge in [-0.15, -0.1) is 11.3 Å². The highest BCUT2D eigenvalue weighted by molar-refractivity contribution is 7.15. The fraction of sp³-hybridized carbons (Fsp3) is 0.500. The van der Waals surface area contributed by atoms with Crippen LogP contribution in [0.4, 0.5) is 5.13 Å². The molecule has 2 heterocycles. The van der Waals surface area contributed by atoms with Gasteiger partial charge >= 0.3 is 0 Å². The number of hydrogen-bond donors (Lipinski definition) is 1. The second kappa shape index (κ2) is 6.73. The van der Waals surface area contributed by atoms with E-state index in [2.05, 4.69) is 29.2 Å². The average Bonchev–Trinajstić information content (AvgIpc) is 2.96. The quantitative estimate of drug-likeness (QED) is 0.842. The zero-order valence-corrected chi connectivity index (χ0v) is 12.6. The maximum atomic E-state index is 5.58. The van der Waals surface area contributed by atoms with Crippen LogP contribution < -0.4 is 5.32 Å². The molecule has 0 atom stereocenters. The number of rotatable bonds is 7. The van der Waals surface area contributed by atoms with Crippen LogP contribution in [0.3, 0.4) is 0 Å². The fourth-order valence-electron chi connectivity index (χ4n) is 1.85. The molecule has 0 aliphatic carbocycles. The Bertz CT molecular complexity index is 506. The number of anilines is 1. The van der Waals surface area contributed by atoms with E-state index in [9.17, 15) is 0 Å². The van der Waals surface area contributed by atoms with Crippen LogP contribution >= 0.6 is 11.3 Å². The highest BCUT2D eigenvalue weighted by Gasteiger charge is 2.07. The van der Waals surface area contributed by atoms with E-state index >= 15 is 0 Å². The van der Waals surface area contributed by atoms with Crippen LogP contribution in [0.25, 0.3) is 0 Å². The van der Waals surface area contributed by atoms with Crippen molar-refractivity contribution in [3.8, 4) is 0 Å². The van der Waals surface area contributed by atoms with Gasteiger partial charge in [0.15, 0.2) is 5.13 Å². The van der Waals surface area contributed by atoms with Gasteiger partial charge in [-0.25, -0.2) is 4.98 Å². The molecule has 5 heteroatoms. The van der Waals surface area contributed by atoms with E-state index < -0.39 is 0 Å². The monoisotopic (exact) mass is 279 g/mol. The molecule has 0 saturated heterocycles. The first-order valence-corrected chi connectivity index (χ1v) is 7.41. The van der Waals surface area contributed by atoms with Gasteiger partial charge in [0.05, 0.1) is 6.54 Å². The predicted octanol–water partition coefficient (Wildman–Crippen LogP) is 3.50. The van der Waals surface area contributed by atoms with Gasteiger partial charge in [0.25, 0.3) is 0 Å². The highest BCUT2D eigenvalue weighted by Crippen LogP contribution is 2.20. The molecule has 2 aromatic heterocycles. The van der Waals surface area contributed by atoms with Crippen LogP contribution in [0.15, 0.2) is 22.7 Å².